The van der Waals surface area contributed by atoms with Gasteiger partial charge in [-0.05, 0) is 26.7 Å². The van der Waals surface area contributed by atoms with E-state index in [9.17, 15) is 4.79 Å². The Kier molecular flexibility index (Phi) is 3.84. The van der Waals surface area contributed by atoms with E-state index in [4.69, 9.17) is 4.52 Å². The lowest BCUT2D eigenvalue weighted by Gasteiger charge is -2.31. The van der Waals surface area contributed by atoms with Crippen LogP contribution in [0.3, 0.4) is 0 Å². The van der Waals surface area contributed by atoms with Crippen LogP contribution in [0.4, 0.5) is 4.79 Å². The average molecular weight is 252 g/mol. The van der Waals surface area contributed by atoms with Crippen LogP contribution < -0.4 is 5.32 Å². The van der Waals surface area contributed by atoms with Crippen molar-refractivity contribution in [3.05, 3.63) is 11.7 Å². The summed E-state index contributed by atoms with van der Waals surface area (Å²) in [5.74, 6) is 1.69. The summed E-state index contributed by atoms with van der Waals surface area (Å²) in [5, 5.41) is 6.86. The third-order valence-corrected chi connectivity index (χ3v) is 3.10. The number of likely N-dealkylation sites (tertiary alicyclic amines) is 1. The van der Waals surface area contributed by atoms with Crippen molar-refractivity contribution in [3.8, 4) is 0 Å². The molecule has 1 fully saturated rings. The van der Waals surface area contributed by atoms with Gasteiger partial charge < -0.3 is 14.7 Å². The number of hydrogen-bond donors (Lipinski definition) is 1. The first-order chi connectivity index (χ1) is 8.56. The van der Waals surface area contributed by atoms with E-state index in [0.717, 1.165) is 31.8 Å². The van der Waals surface area contributed by atoms with Crippen molar-refractivity contribution in [3.63, 3.8) is 0 Å². The van der Waals surface area contributed by atoms with Gasteiger partial charge in [-0.25, -0.2) is 4.79 Å². The van der Waals surface area contributed by atoms with Crippen molar-refractivity contribution >= 4 is 6.03 Å². The number of piperidine rings is 1. The van der Waals surface area contributed by atoms with E-state index in [0.29, 0.717) is 11.8 Å². The molecular weight excluding hydrogens is 232 g/mol. The Morgan fingerprint density at radius 2 is 2.11 bits per heavy atom. The number of nitrogens with one attached hydrogen (secondary N) is 1. The summed E-state index contributed by atoms with van der Waals surface area (Å²) >= 11 is 0. The Hall–Kier alpha value is -1.59. The van der Waals surface area contributed by atoms with E-state index < -0.39 is 0 Å². The molecular formula is C12H20N4O2. The van der Waals surface area contributed by atoms with Crippen LogP contribution in [0.25, 0.3) is 0 Å². The molecule has 0 aliphatic carbocycles. The molecule has 0 bridgehead atoms. The van der Waals surface area contributed by atoms with Gasteiger partial charge in [0.05, 0.1) is 0 Å². The molecule has 1 aliphatic heterocycles. The standard InChI is InChI=1S/C12H20N4O2/c1-8(2)13-12(17)16-6-4-10(5-7-16)11-14-9(3)18-15-11/h8,10H,4-7H2,1-3H3,(H,13,17). The van der Waals surface area contributed by atoms with Crippen LogP contribution in [-0.4, -0.2) is 40.2 Å². The molecule has 6 heteroatoms. The Morgan fingerprint density at radius 1 is 1.44 bits per heavy atom. The quantitative estimate of drug-likeness (QED) is 0.869. The predicted octanol–water partition coefficient (Wildman–Crippen LogP) is 1.68. The largest absolute Gasteiger partial charge is 0.340 e. The maximum absolute atomic E-state index is 11.8. The van der Waals surface area contributed by atoms with Crippen LogP contribution in [0.15, 0.2) is 4.52 Å². The van der Waals surface area contributed by atoms with E-state index in [1.54, 1.807) is 6.92 Å². The van der Waals surface area contributed by atoms with Crippen LogP contribution in [0.2, 0.25) is 0 Å². The second kappa shape index (κ2) is 5.37. The number of carbonyl (C=O) groups excluding carboxylic acids is 1. The first kappa shape index (κ1) is 12.9. The van der Waals surface area contributed by atoms with E-state index in [1.807, 2.05) is 18.7 Å². The lowest BCUT2D eigenvalue weighted by Crippen LogP contribution is -2.46. The zero-order chi connectivity index (χ0) is 13.1. The molecule has 100 valence electrons. The predicted molar refractivity (Wildman–Crippen MR) is 66.3 cm³/mol. The molecule has 1 aromatic rings. The number of urea groups is 1. The maximum atomic E-state index is 11.8. The van der Waals surface area contributed by atoms with Gasteiger partial charge in [0.2, 0.25) is 5.89 Å². The van der Waals surface area contributed by atoms with E-state index in [-0.39, 0.29) is 12.1 Å². The molecule has 2 rings (SSSR count). The van der Waals surface area contributed by atoms with Crippen LogP contribution in [-0.2, 0) is 0 Å². The molecule has 1 aliphatic rings. The van der Waals surface area contributed by atoms with Crippen LogP contribution in [0.5, 0.6) is 0 Å². The third-order valence-electron chi connectivity index (χ3n) is 3.10. The normalized spacial score (nSPS) is 17.2. The number of amides is 2. The molecule has 0 spiro atoms. The number of aromatic nitrogens is 2. The zero-order valence-electron chi connectivity index (χ0n) is 11.1. The molecule has 0 unspecified atom stereocenters. The van der Waals surface area contributed by atoms with Crippen molar-refractivity contribution in [2.24, 2.45) is 0 Å². The summed E-state index contributed by atoms with van der Waals surface area (Å²) in [7, 11) is 0. The van der Waals surface area contributed by atoms with Gasteiger partial charge in [0.25, 0.3) is 0 Å². The van der Waals surface area contributed by atoms with Crippen molar-refractivity contribution in [2.75, 3.05) is 13.1 Å². The van der Waals surface area contributed by atoms with Gasteiger partial charge in [-0.3, -0.25) is 0 Å². The van der Waals surface area contributed by atoms with Gasteiger partial charge in [0, 0.05) is 32.0 Å². The summed E-state index contributed by atoms with van der Waals surface area (Å²) in [4.78, 5) is 17.9. The molecule has 0 aromatic carbocycles. The molecule has 1 N–H and O–H groups in total. The van der Waals surface area contributed by atoms with Gasteiger partial charge in [0.15, 0.2) is 5.82 Å². The Morgan fingerprint density at radius 3 is 2.61 bits per heavy atom. The molecule has 1 aromatic heterocycles. The molecule has 0 radical (unpaired) electrons. The highest BCUT2D eigenvalue weighted by Gasteiger charge is 2.26. The SMILES string of the molecule is Cc1nc(C2CCN(C(=O)NC(C)C)CC2)no1. The number of carbonyl (C=O) groups is 1. The highest BCUT2D eigenvalue weighted by molar-refractivity contribution is 5.74. The van der Waals surface area contributed by atoms with Crippen molar-refractivity contribution in [1.29, 1.82) is 0 Å². The number of hydrogen-bond acceptors (Lipinski definition) is 4. The molecule has 2 heterocycles. The fraction of sp³-hybridized carbons (Fsp3) is 0.750. The van der Waals surface area contributed by atoms with E-state index >= 15 is 0 Å². The maximum Gasteiger partial charge on any atom is 0.317 e. The molecule has 18 heavy (non-hydrogen) atoms. The minimum absolute atomic E-state index is 0.0211. The van der Waals surface area contributed by atoms with Gasteiger partial charge in [0.1, 0.15) is 0 Å². The summed E-state index contributed by atoms with van der Waals surface area (Å²) < 4.78 is 4.99. The van der Waals surface area contributed by atoms with Crippen molar-refractivity contribution in [1.82, 2.24) is 20.4 Å². The first-order valence-corrected chi connectivity index (χ1v) is 6.42. The second-order valence-electron chi connectivity index (χ2n) is 5.04. The molecule has 1 saturated heterocycles. The number of nitrogens with zero attached hydrogens (tertiary/aromatic N) is 3. The van der Waals surface area contributed by atoms with Crippen molar-refractivity contribution < 1.29 is 9.32 Å². The highest BCUT2D eigenvalue weighted by atomic mass is 16.5. The second-order valence-corrected chi connectivity index (χ2v) is 5.04. The topological polar surface area (TPSA) is 71.3 Å². The molecule has 6 nitrogen and oxygen atoms in total. The number of rotatable bonds is 2. The lowest BCUT2D eigenvalue weighted by molar-refractivity contribution is 0.177. The van der Waals surface area contributed by atoms with Gasteiger partial charge in [-0.15, -0.1) is 0 Å². The summed E-state index contributed by atoms with van der Waals surface area (Å²) in [5.41, 5.74) is 0. The van der Waals surface area contributed by atoms with E-state index in [1.165, 1.54) is 0 Å². The van der Waals surface area contributed by atoms with Gasteiger partial charge in [-0.1, -0.05) is 5.16 Å². The smallest absolute Gasteiger partial charge is 0.317 e. The highest BCUT2D eigenvalue weighted by Crippen LogP contribution is 2.25. The summed E-state index contributed by atoms with van der Waals surface area (Å²) in [6.07, 6.45) is 1.79. The first-order valence-electron chi connectivity index (χ1n) is 6.42. The fourth-order valence-corrected chi connectivity index (χ4v) is 2.16. The molecule has 0 atom stereocenters. The van der Waals surface area contributed by atoms with Gasteiger partial charge >= 0.3 is 6.03 Å². The van der Waals surface area contributed by atoms with Crippen LogP contribution in [0, 0.1) is 6.92 Å². The van der Waals surface area contributed by atoms with Gasteiger partial charge in [-0.2, -0.15) is 4.98 Å². The molecule has 2 amide bonds. The molecule has 0 saturated carbocycles. The third kappa shape index (κ3) is 3.00. The van der Waals surface area contributed by atoms with E-state index in [2.05, 4.69) is 15.5 Å². The Balaban J connectivity index is 1.86. The van der Waals surface area contributed by atoms with Crippen LogP contribution >= 0.6 is 0 Å². The minimum atomic E-state index is 0.0211. The number of aryl methyl sites for hydroxylation is 1. The van der Waals surface area contributed by atoms with Crippen LogP contribution in [0.1, 0.15) is 44.3 Å². The fourth-order valence-electron chi connectivity index (χ4n) is 2.16. The monoisotopic (exact) mass is 252 g/mol. The Bertz CT molecular complexity index is 408. The minimum Gasteiger partial charge on any atom is -0.340 e. The lowest BCUT2D eigenvalue weighted by atomic mass is 9.96. The summed E-state index contributed by atoms with van der Waals surface area (Å²) in [6, 6.07) is 0.197. The summed E-state index contributed by atoms with van der Waals surface area (Å²) in [6.45, 7) is 7.22. The van der Waals surface area contributed by atoms with Crippen molar-refractivity contribution in [2.45, 2.75) is 45.6 Å². The zero-order valence-corrected chi connectivity index (χ0v) is 11.1. The average Bonchev–Trinajstić information content (AvgIpc) is 2.75. The Labute approximate surface area is 107 Å².